The molecule has 0 radical (unpaired) electrons. The molecular formula is C20H29N5O2. The van der Waals surface area contributed by atoms with E-state index < -0.39 is 0 Å². The number of carbonyl (C=O) groups excluding carboxylic acids is 1. The van der Waals surface area contributed by atoms with E-state index in [9.17, 15) is 4.79 Å². The van der Waals surface area contributed by atoms with E-state index in [0.29, 0.717) is 18.4 Å². The lowest BCUT2D eigenvalue weighted by atomic mass is 9.73. The van der Waals surface area contributed by atoms with Gasteiger partial charge in [-0.25, -0.2) is 9.97 Å². The number of piperidine rings is 2. The maximum absolute atomic E-state index is 12.3. The van der Waals surface area contributed by atoms with Crippen molar-refractivity contribution >= 4 is 17.5 Å². The standard InChI is InChI=1S/C20H29N5O2/c26-19-4-6-20(14-25(19)16-2-3-16)5-1-7-24(13-20)18-12-17(21-15-22-18)23-8-10-27-11-9-23/h12,15-16H,1-11,13-14H2. The summed E-state index contributed by atoms with van der Waals surface area (Å²) in [6, 6.07) is 2.66. The Kier molecular flexibility index (Phi) is 4.42. The Labute approximate surface area is 160 Å². The van der Waals surface area contributed by atoms with E-state index in [1.54, 1.807) is 6.33 Å². The maximum atomic E-state index is 12.3. The molecule has 1 unspecified atom stereocenters. The lowest BCUT2D eigenvalue weighted by Gasteiger charge is -2.48. The Morgan fingerprint density at radius 2 is 1.78 bits per heavy atom. The zero-order chi connectivity index (χ0) is 18.3. The minimum absolute atomic E-state index is 0.235. The number of hydrogen-bond acceptors (Lipinski definition) is 6. The monoisotopic (exact) mass is 371 g/mol. The van der Waals surface area contributed by atoms with Crippen molar-refractivity contribution in [3.63, 3.8) is 0 Å². The summed E-state index contributed by atoms with van der Waals surface area (Å²) < 4.78 is 5.46. The van der Waals surface area contributed by atoms with Crippen LogP contribution in [0, 0.1) is 5.41 Å². The lowest BCUT2D eigenvalue weighted by molar-refractivity contribution is -0.138. The Balaban J connectivity index is 1.33. The molecule has 1 aromatic heterocycles. The largest absolute Gasteiger partial charge is 0.378 e. The second kappa shape index (κ2) is 6.93. The molecule has 1 saturated carbocycles. The molecular weight excluding hydrogens is 342 g/mol. The van der Waals surface area contributed by atoms with Gasteiger partial charge in [-0.15, -0.1) is 0 Å². The van der Waals surface area contributed by atoms with Crippen molar-refractivity contribution in [1.82, 2.24) is 14.9 Å². The Morgan fingerprint density at radius 3 is 2.56 bits per heavy atom. The number of hydrogen-bond donors (Lipinski definition) is 0. The first-order valence-electron chi connectivity index (χ1n) is 10.4. The first-order chi connectivity index (χ1) is 13.2. The van der Waals surface area contributed by atoms with Gasteiger partial charge in [0.05, 0.1) is 13.2 Å². The zero-order valence-electron chi connectivity index (χ0n) is 16.0. The molecule has 0 bridgehead atoms. The second-order valence-electron chi connectivity index (χ2n) is 8.61. The highest BCUT2D eigenvalue weighted by molar-refractivity contribution is 5.78. The third-order valence-electron chi connectivity index (χ3n) is 6.64. The molecule has 27 heavy (non-hydrogen) atoms. The average molecular weight is 371 g/mol. The van der Waals surface area contributed by atoms with Crippen LogP contribution in [0.3, 0.4) is 0 Å². The average Bonchev–Trinajstić information content (AvgIpc) is 3.56. The van der Waals surface area contributed by atoms with Gasteiger partial charge in [0.1, 0.15) is 18.0 Å². The van der Waals surface area contributed by atoms with Crippen LogP contribution in [0.2, 0.25) is 0 Å². The second-order valence-corrected chi connectivity index (χ2v) is 8.61. The lowest BCUT2D eigenvalue weighted by Crippen LogP contribution is -2.54. The highest BCUT2D eigenvalue weighted by Gasteiger charge is 2.45. The molecule has 1 amide bonds. The fourth-order valence-electron chi connectivity index (χ4n) is 4.98. The molecule has 146 valence electrons. The van der Waals surface area contributed by atoms with Gasteiger partial charge in [-0.1, -0.05) is 0 Å². The fraction of sp³-hybridized carbons (Fsp3) is 0.750. The molecule has 7 heteroatoms. The summed E-state index contributed by atoms with van der Waals surface area (Å²) in [5.74, 6) is 2.40. The molecule has 1 spiro atoms. The molecule has 0 N–H and O–H groups in total. The van der Waals surface area contributed by atoms with Crippen LogP contribution in [0.5, 0.6) is 0 Å². The first-order valence-corrected chi connectivity index (χ1v) is 10.4. The first kappa shape index (κ1) is 17.2. The predicted molar refractivity (Wildman–Crippen MR) is 103 cm³/mol. The van der Waals surface area contributed by atoms with Crippen molar-refractivity contribution in [3.05, 3.63) is 12.4 Å². The number of morpholine rings is 1. The molecule has 7 nitrogen and oxygen atoms in total. The number of nitrogens with zero attached hydrogens (tertiary/aromatic N) is 5. The number of ether oxygens (including phenoxy) is 1. The van der Waals surface area contributed by atoms with E-state index in [0.717, 1.165) is 64.0 Å². The van der Waals surface area contributed by atoms with Crippen molar-refractivity contribution in [2.24, 2.45) is 5.41 Å². The molecule has 1 aliphatic carbocycles. The fourth-order valence-corrected chi connectivity index (χ4v) is 4.98. The Morgan fingerprint density at radius 1 is 1.00 bits per heavy atom. The van der Waals surface area contributed by atoms with Crippen LogP contribution in [0.4, 0.5) is 11.6 Å². The van der Waals surface area contributed by atoms with Crippen LogP contribution in [0.15, 0.2) is 12.4 Å². The van der Waals surface area contributed by atoms with Crippen LogP contribution in [-0.4, -0.2) is 72.8 Å². The van der Waals surface area contributed by atoms with Crippen LogP contribution < -0.4 is 9.80 Å². The summed E-state index contributed by atoms with van der Waals surface area (Å²) in [5.41, 5.74) is 0.235. The summed E-state index contributed by atoms with van der Waals surface area (Å²) in [5, 5.41) is 0. The van der Waals surface area contributed by atoms with E-state index in [4.69, 9.17) is 4.74 Å². The summed E-state index contributed by atoms with van der Waals surface area (Å²) in [6.07, 6.45) is 8.22. The van der Waals surface area contributed by atoms with Crippen molar-refractivity contribution < 1.29 is 9.53 Å². The molecule has 3 aliphatic heterocycles. The summed E-state index contributed by atoms with van der Waals surface area (Å²) in [6.45, 7) is 6.28. The number of carbonyl (C=O) groups is 1. The van der Waals surface area contributed by atoms with Crippen LogP contribution in [0.1, 0.15) is 38.5 Å². The summed E-state index contributed by atoms with van der Waals surface area (Å²) in [4.78, 5) is 28.3. The summed E-state index contributed by atoms with van der Waals surface area (Å²) >= 11 is 0. The van der Waals surface area contributed by atoms with Crippen LogP contribution in [0.25, 0.3) is 0 Å². The van der Waals surface area contributed by atoms with Gasteiger partial charge in [-0.05, 0) is 32.1 Å². The third kappa shape index (κ3) is 3.49. The number of amides is 1. The highest BCUT2D eigenvalue weighted by Crippen LogP contribution is 2.43. The number of anilines is 2. The van der Waals surface area contributed by atoms with Crippen molar-refractivity contribution in [1.29, 1.82) is 0 Å². The van der Waals surface area contributed by atoms with E-state index >= 15 is 0 Å². The number of likely N-dealkylation sites (tertiary alicyclic amines) is 1. The normalized spacial score (nSPS) is 29.5. The third-order valence-corrected chi connectivity index (χ3v) is 6.64. The molecule has 0 aromatic carbocycles. The van der Waals surface area contributed by atoms with Gasteiger partial charge < -0.3 is 19.4 Å². The minimum atomic E-state index is 0.235. The van der Waals surface area contributed by atoms with Crippen molar-refractivity contribution in [2.75, 3.05) is 55.7 Å². The molecule has 4 aliphatic rings. The van der Waals surface area contributed by atoms with Gasteiger partial charge >= 0.3 is 0 Å². The van der Waals surface area contributed by atoms with Crippen molar-refractivity contribution in [3.8, 4) is 0 Å². The molecule has 4 fully saturated rings. The Bertz CT molecular complexity index is 703. The van der Waals surface area contributed by atoms with Gasteiger partial charge in [0.15, 0.2) is 0 Å². The van der Waals surface area contributed by atoms with Gasteiger partial charge in [-0.2, -0.15) is 0 Å². The van der Waals surface area contributed by atoms with Gasteiger partial charge in [-0.3, -0.25) is 4.79 Å². The van der Waals surface area contributed by atoms with Crippen LogP contribution in [-0.2, 0) is 9.53 Å². The maximum Gasteiger partial charge on any atom is 0.222 e. The zero-order valence-corrected chi connectivity index (χ0v) is 16.0. The van der Waals surface area contributed by atoms with E-state index in [2.05, 4.69) is 30.7 Å². The number of aromatic nitrogens is 2. The Hall–Kier alpha value is -1.89. The smallest absolute Gasteiger partial charge is 0.222 e. The van der Waals surface area contributed by atoms with Gasteiger partial charge in [0.2, 0.25) is 5.91 Å². The molecule has 4 heterocycles. The van der Waals surface area contributed by atoms with Crippen molar-refractivity contribution in [2.45, 2.75) is 44.6 Å². The quantitative estimate of drug-likeness (QED) is 0.806. The molecule has 5 rings (SSSR count). The number of rotatable bonds is 3. The van der Waals surface area contributed by atoms with E-state index in [-0.39, 0.29) is 5.41 Å². The molecule has 1 atom stereocenters. The SMILES string of the molecule is O=C1CCC2(CCCN(c3cc(N4CCOCC4)ncn3)C2)CN1C1CC1. The molecule has 1 aromatic rings. The minimum Gasteiger partial charge on any atom is -0.378 e. The summed E-state index contributed by atoms with van der Waals surface area (Å²) in [7, 11) is 0. The van der Waals surface area contributed by atoms with Crippen LogP contribution >= 0.6 is 0 Å². The van der Waals surface area contributed by atoms with E-state index in [1.165, 1.54) is 25.7 Å². The highest BCUT2D eigenvalue weighted by atomic mass is 16.5. The predicted octanol–water partition coefficient (Wildman–Crippen LogP) is 1.68. The van der Waals surface area contributed by atoms with Gasteiger partial charge in [0.25, 0.3) is 0 Å². The topological polar surface area (TPSA) is 61.8 Å². The molecule has 3 saturated heterocycles. The van der Waals surface area contributed by atoms with E-state index in [1.807, 2.05) is 0 Å². The van der Waals surface area contributed by atoms with Gasteiger partial charge in [0, 0.05) is 56.7 Å².